The summed E-state index contributed by atoms with van der Waals surface area (Å²) < 4.78 is 5.46. The number of nitrogens with zero attached hydrogens (tertiary/aromatic N) is 1. The lowest BCUT2D eigenvalue weighted by Gasteiger charge is -2.43. The summed E-state index contributed by atoms with van der Waals surface area (Å²) in [6, 6.07) is 11.8. The minimum atomic E-state index is -1.03. The predicted octanol–water partition coefficient (Wildman–Crippen LogP) is 5.03. The Morgan fingerprint density at radius 1 is 0.895 bits per heavy atom. The predicted molar refractivity (Wildman–Crippen MR) is 149 cm³/mol. The van der Waals surface area contributed by atoms with E-state index in [2.05, 4.69) is 10.6 Å². The molecule has 0 aliphatic rings. The maximum absolute atomic E-state index is 14.4. The summed E-state index contributed by atoms with van der Waals surface area (Å²) in [7, 11) is 0. The number of carbonyl (C=O) groups excluding carboxylic acids is 3. The normalized spacial score (nSPS) is 13.4. The third-order valence-corrected chi connectivity index (χ3v) is 5.66. The van der Waals surface area contributed by atoms with Gasteiger partial charge in [0.2, 0.25) is 11.8 Å². The average Bonchev–Trinajstić information content (AvgIpc) is 2.76. The van der Waals surface area contributed by atoms with Gasteiger partial charge in [0, 0.05) is 18.0 Å². The molecule has 2 atom stereocenters. The van der Waals surface area contributed by atoms with Gasteiger partial charge in [-0.15, -0.1) is 0 Å². The number of amides is 3. The van der Waals surface area contributed by atoms with Crippen molar-refractivity contribution in [1.29, 1.82) is 0 Å². The second-order valence-corrected chi connectivity index (χ2v) is 11.9. The zero-order valence-electron chi connectivity index (χ0n) is 24.1. The minimum Gasteiger partial charge on any atom is -0.508 e. The molecule has 38 heavy (non-hydrogen) atoms. The molecule has 2 aromatic rings. The highest BCUT2D eigenvalue weighted by atomic mass is 16.6. The van der Waals surface area contributed by atoms with E-state index in [0.717, 1.165) is 11.1 Å². The van der Waals surface area contributed by atoms with Crippen LogP contribution in [0.1, 0.15) is 78.1 Å². The first-order chi connectivity index (χ1) is 17.5. The van der Waals surface area contributed by atoms with Crippen molar-refractivity contribution in [3.63, 3.8) is 0 Å². The number of benzene rings is 2. The summed E-state index contributed by atoms with van der Waals surface area (Å²) in [5.74, 6) is -0.647. The van der Waals surface area contributed by atoms with Crippen LogP contribution in [0.5, 0.6) is 5.75 Å². The van der Waals surface area contributed by atoms with E-state index in [-0.39, 0.29) is 24.1 Å². The number of phenolic OH excluding ortho intramolecular Hbond substituents is 1. The van der Waals surface area contributed by atoms with Gasteiger partial charge in [0.1, 0.15) is 23.4 Å². The van der Waals surface area contributed by atoms with Gasteiger partial charge >= 0.3 is 6.09 Å². The molecule has 0 spiro atoms. The van der Waals surface area contributed by atoms with Crippen LogP contribution in [0, 0.1) is 6.92 Å². The summed E-state index contributed by atoms with van der Waals surface area (Å²) >= 11 is 0. The molecule has 0 saturated heterocycles. The number of alkyl carbamates (subject to hydrolysis) is 1. The van der Waals surface area contributed by atoms with Crippen molar-refractivity contribution < 1.29 is 24.2 Å². The van der Waals surface area contributed by atoms with Gasteiger partial charge in [0.15, 0.2) is 0 Å². The largest absolute Gasteiger partial charge is 0.508 e. The fourth-order valence-corrected chi connectivity index (χ4v) is 4.06. The molecule has 0 fully saturated rings. The Balaban J connectivity index is 2.60. The van der Waals surface area contributed by atoms with Crippen LogP contribution in [0.3, 0.4) is 0 Å². The van der Waals surface area contributed by atoms with Crippen molar-refractivity contribution in [3.8, 4) is 5.75 Å². The van der Waals surface area contributed by atoms with Crippen LogP contribution in [-0.4, -0.2) is 51.1 Å². The Morgan fingerprint density at radius 2 is 1.45 bits per heavy atom. The zero-order valence-corrected chi connectivity index (χ0v) is 24.1. The molecule has 0 aliphatic heterocycles. The molecule has 2 aromatic carbocycles. The summed E-state index contributed by atoms with van der Waals surface area (Å²) in [5.41, 5.74) is 0.870. The van der Waals surface area contributed by atoms with Gasteiger partial charge < -0.3 is 25.4 Å². The van der Waals surface area contributed by atoms with E-state index in [1.165, 1.54) is 17.0 Å². The molecule has 8 heteroatoms. The van der Waals surface area contributed by atoms with Gasteiger partial charge in [-0.2, -0.15) is 0 Å². The second kappa shape index (κ2) is 12.3. The van der Waals surface area contributed by atoms with E-state index >= 15 is 0 Å². The Hall–Kier alpha value is -3.55. The quantitative estimate of drug-likeness (QED) is 0.448. The van der Waals surface area contributed by atoms with Crippen LogP contribution in [-0.2, 0) is 20.7 Å². The standard InChI is InChI=1S/C30H43N3O5/c1-19(2)31-26(35)25(22-14-10-20(3)11-15-22)33(29(4,5)6)27(36)24(32-28(37)38-30(7,8)9)18-21-12-16-23(34)17-13-21/h10-17,19,24-25,34H,18H2,1-9H3,(H,31,35)(H,32,37). The molecule has 3 amide bonds. The molecule has 3 N–H and O–H groups in total. The van der Waals surface area contributed by atoms with Gasteiger partial charge in [0.05, 0.1) is 0 Å². The average molecular weight is 526 g/mol. The van der Waals surface area contributed by atoms with Crippen molar-refractivity contribution in [2.24, 2.45) is 0 Å². The minimum absolute atomic E-state index is 0.0952. The molecule has 208 valence electrons. The number of nitrogens with one attached hydrogen (secondary N) is 2. The Labute approximate surface area is 226 Å². The lowest BCUT2D eigenvalue weighted by Crippen LogP contribution is -2.59. The molecule has 2 rings (SSSR count). The van der Waals surface area contributed by atoms with Gasteiger partial charge in [0.25, 0.3) is 0 Å². The van der Waals surface area contributed by atoms with Crippen LogP contribution in [0.15, 0.2) is 48.5 Å². The summed E-state index contributed by atoms with van der Waals surface area (Å²) in [5, 5.41) is 15.4. The second-order valence-electron chi connectivity index (χ2n) is 11.9. The Bertz CT molecular complexity index is 1100. The topological polar surface area (TPSA) is 108 Å². The monoisotopic (exact) mass is 525 g/mol. The van der Waals surface area contributed by atoms with Crippen LogP contribution < -0.4 is 10.6 Å². The van der Waals surface area contributed by atoms with Crippen molar-refractivity contribution in [2.45, 2.75) is 98.0 Å². The summed E-state index contributed by atoms with van der Waals surface area (Å²) in [6.07, 6.45) is -0.598. The van der Waals surface area contributed by atoms with E-state index in [4.69, 9.17) is 4.74 Å². The van der Waals surface area contributed by atoms with E-state index in [1.807, 2.05) is 65.8 Å². The molecule has 2 unspecified atom stereocenters. The third-order valence-electron chi connectivity index (χ3n) is 5.66. The van der Waals surface area contributed by atoms with E-state index in [1.54, 1.807) is 32.9 Å². The molecular formula is C30H43N3O5. The van der Waals surface area contributed by atoms with Gasteiger partial charge in [-0.25, -0.2) is 4.79 Å². The first kappa shape index (κ1) is 30.7. The SMILES string of the molecule is Cc1ccc(C(C(=O)NC(C)C)N(C(=O)C(Cc2ccc(O)cc2)NC(=O)OC(C)(C)C)C(C)(C)C)cc1. The first-order valence-electron chi connectivity index (χ1n) is 13.0. The number of hydrogen-bond donors (Lipinski definition) is 3. The zero-order chi connectivity index (χ0) is 28.8. The van der Waals surface area contributed by atoms with Crippen LogP contribution in [0.4, 0.5) is 4.79 Å². The number of hydrogen-bond acceptors (Lipinski definition) is 5. The smallest absolute Gasteiger partial charge is 0.408 e. The van der Waals surface area contributed by atoms with Gasteiger partial charge in [-0.3, -0.25) is 9.59 Å². The van der Waals surface area contributed by atoms with Crippen molar-refractivity contribution in [2.75, 3.05) is 0 Å². The van der Waals surface area contributed by atoms with E-state index < -0.39 is 35.2 Å². The van der Waals surface area contributed by atoms with Crippen LogP contribution in [0.2, 0.25) is 0 Å². The highest BCUT2D eigenvalue weighted by Crippen LogP contribution is 2.31. The number of carbonyl (C=O) groups is 3. The number of ether oxygens (including phenoxy) is 1. The molecular weight excluding hydrogens is 482 g/mol. The summed E-state index contributed by atoms with van der Waals surface area (Å²) in [4.78, 5) is 42.3. The number of phenols is 1. The molecule has 0 aromatic heterocycles. The first-order valence-corrected chi connectivity index (χ1v) is 13.0. The van der Waals surface area contributed by atoms with E-state index in [9.17, 15) is 19.5 Å². The van der Waals surface area contributed by atoms with E-state index in [0.29, 0.717) is 5.56 Å². The maximum Gasteiger partial charge on any atom is 0.408 e. The number of aryl methyl sites for hydroxylation is 1. The number of rotatable bonds is 8. The Kier molecular flexibility index (Phi) is 9.95. The maximum atomic E-state index is 14.4. The van der Waals surface area contributed by atoms with Crippen molar-refractivity contribution in [3.05, 3.63) is 65.2 Å². The molecule has 0 saturated carbocycles. The molecule has 0 radical (unpaired) electrons. The van der Waals surface area contributed by atoms with Crippen LogP contribution in [0.25, 0.3) is 0 Å². The third kappa shape index (κ3) is 9.08. The number of aromatic hydroxyl groups is 1. The molecule has 0 aliphatic carbocycles. The fourth-order valence-electron chi connectivity index (χ4n) is 4.06. The van der Waals surface area contributed by atoms with Crippen molar-refractivity contribution >= 4 is 17.9 Å². The summed E-state index contributed by atoms with van der Waals surface area (Å²) in [6.45, 7) is 16.5. The van der Waals surface area contributed by atoms with Crippen molar-refractivity contribution in [1.82, 2.24) is 15.5 Å². The fraction of sp³-hybridized carbons (Fsp3) is 0.500. The molecule has 0 bridgehead atoms. The molecule has 8 nitrogen and oxygen atoms in total. The van der Waals surface area contributed by atoms with Gasteiger partial charge in [-0.05, 0) is 85.6 Å². The Morgan fingerprint density at radius 3 is 1.92 bits per heavy atom. The van der Waals surface area contributed by atoms with Crippen LogP contribution >= 0.6 is 0 Å². The lowest BCUT2D eigenvalue weighted by molar-refractivity contribution is -0.148. The highest BCUT2D eigenvalue weighted by molar-refractivity contribution is 5.93. The highest BCUT2D eigenvalue weighted by Gasteiger charge is 2.42. The molecule has 0 heterocycles. The lowest BCUT2D eigenvalue weighted by atomic mass is 9.93. The van der Waals surface area contributed by atoms with Gasteiger partial charge in [-0.1, -0.05) is 42.0 Å².